The Balaban J connectivity index is 2.40. The molecule has 1 aromatic heterocycles. The number of hydrogen-bond acceptors (Lipinski definition) is 5. The number of amides is 1. The summed E-state index contributed by atoms with van der Waals surface area (Å²) in [6, 6.07) is -0.125. The van der Waals surface area contributed by atoms with Gasteiger partial charge in [-0.3, -0.25) is 4.79 Å². The molecule has 0 aliphatic rings. The summed E-state index contributed by atoms with van der Waals surface area (Å²) in [7, 11) is 1.64. The third kappa shape index (κ3) is 3.88. The number of nitrogens with one attached hydrogen (secondary N) is 1. The molecular weight excluding hydrogens is 226 g/mol. The number of carbonyl (C=O) groups is 1. The molecule has 0 fully saturated rings. The van der Waals surface area contributed by atoms with E-state index in [0.29, 0.717) is 18.8 Å². The van der Waals surface area contributed by atoms with Gasteiger partial charge in [-0.1, -0.05) is 0 Å². The number of rotatable bonds is 6. The van der Waals surface area contributed by atoms with Crippen molar-refractivity contribution in [1.82, 2.24) is 10.3 Å². The fourth-order valence-electron chi connectivity index (χ4n) is 1.11. The molecule has 90 valence electrons. The van der Waals surface area contributed by atoms with Crippen molar-refractivity contribution in [2.24, 2.45) is 5.73 Å². The molecule has 0 radical (unpaired) electrons. The van der Waals surface area contributed by atoms with Gasteiger partial charge in [0.15, 0.2) is 0 Å². The maximum Gasteiger partial charge on any atom is 0.270 e. The number of nitrogens with two attached hydrogens (primary N) is 1. The summed E-state index contributed by atoms with van der Waals surface area (Å²) in [6.07, 6.45) is 0.798. The number of nitrogens with zero attached hydrogens (tertiary/aromatic N) is 1. The first-order chi connectivity index (χ1) is 7.65. The van der Waals surface area contributed by atoms with E-state index in [0.717, 1.165) is 11.4 Å². The van der Waals surface area contributed by atoms with Gasteiger partial charge >= 0.3 is 0 Å². The van der Waals surface area contributed by atoms with E-state index in [1.165, 1.54) is 11.3 Å². The van der Waals surface area contributed by atoms with Crippen LogP contribution in [0.5, 0.6) is 0 Å². The van der Waals surface area contributed by atoms with Crippen molar-refractivity contribution in [1.29, 1.82) is 0 Å². The summed E-state index contributed by atoms with van der Waals surface area (Å²) in [5.74, 6) is -0.153. The van der Waals surface area contributed by atoms with Gasteiger partial charge in [0.05, 0.1) is 6.04 Å². The maximum absolute atomic E-state index is 11.6. The standard InChI is InChI=1S/C10H17N3O2S/c1-7(11)10-13-8(6-16-10)9(14)12-4-3-5-15-2/h6-7H,3-5,11H2,1-2H3,(H,12,14). The Morgan fingerprint density at radius 3 is 3.06 bits per heavy atom. The van der Waals surface area contributed by atoms with Gasteiger partial charge < -0.3 is 15.8 Å². The van der Waals surface area contributed by atoms with E-state index in [4.69, 9.17) is 10.5 Å². The minimum absolute atomic E-state index is 0.125. The summed E-state index contributed by atoms with van der Waals surface area (Å²) >= 11 is 1.41. The van der Waals surface area contributed by atoms with Crippen molar-refractivity contribution in [3.8, 4) is 0 Å². The van der Waals surface area contributed by atoms with Crippen LogP contribution in [0, 0.1) is 0 Å². The molecule has 1 rings (SSSR count). The van der Waals surface area contributed by atoms with E-state index < -0.39 is 0 Å². The molecule has 1 aromatic rings. The van der Waals surface area contributed by atoms with Crippen LogP contribution < -0.4 is 11.1 Å². The summed E-state index contributed by atoms with van der Waals surface area (Å²) in [5.41, 5.74) is 6.11. The largest absolute Gasteiger partial charge is 0.385 e. The van der Waals surface area contributed by atoms with Gasteiger partial charge in [-0.15, -0.1) is 11.3 Å². The van der Waals surface area contributed by atoms with E-state index >= 15 is 0 Å². The van der Waals surface area contributed by atoms with Gasteiger partial charge in [0, 0.05) is 25.6 Å². The molecule has 0 aromatic carbocycles. The SMILES string of the molecule is COCCCNC(=O)c1csc(C(C)N)n1. The lowest BCUT2D eigenvalue weighted by molar-refractivity contribution is 0.0944. The van der Waals surface area contributed by atoms with Gasteiger partial charge in [0.2, 0.25) is 0 Å². The van der Waals surface area contributed by atoms with Gasteiger partial charge in [0.25, 0.3) is 5.91 Å². The minimum Gasteiger partial charge on any atom is -0.385 e. The first kappa shape index (κ1) is 13.1. The molecule has 3 N–H and O–H groups in total. The molecular formula is C10H17N3O2S. The quantitative estimate of drug-likeness (QED) is 0.729. The Hall–Kier alpha value is -0.980. The van der Waals surface area contributed by atoms with E-state index in [9.17, 15) is 4.79 Å². The first-order valence-corrected chi connectivity index (χ1v) is 6.01. The van der Waals surface area contributed by atoms with Crippen LogP contribution in [-0.2, 0) is 4.74 Å². The third-order valence-corrected chi connectivity index (χ3v) is 3.00. The number of thiazole rings is 1. The second-order valence-electron chi connectivity index (χ2n) is 3.46. The number of ether oxygens (including phenoxy) is 1. The second kappa shape index (κ2) is 6.57. The van der Waals surface area contributed by atoms with E-state index in [1.807, 2.05) is 6.92 Å². The lowest BCUT2D eigenvalue weighted by Gasteiger charge is -2.02. The summed E-state index contributed by atoms with van der Waals surface area (Å²) < 4.78 is 4.88. The number of carbonyl (C=O) groups excluding carboxylic acids is 1. The van der Waals surface area contributed by atoms with Crippen LogP contribution in [0.25, 0.3) is 0 Å². The molecule has 16 heavy (non-hydrogen) atoms. The van der Waals surface area contributed by atoms with Crippen molar-refractivity contribution >= 4 is 17.2 Å². The average Bonchev–Trinajstić information content (AvgIpc) is 2.73. The van der Waals surface area contributed by atoms with Gasteiger partial charge in [0.1, 0.15) is 10.7 Å². The Bertz CT molecular complexity index is 339. The molecule has 1 atom stereocenters. The highest BCUT2D eigenvalue weighted by Gasteiger charge is 2.11. The molecule has 0 saturated heterocycles. The van der Waals surface area contributed by atoms with Crippen LogP contribution in [0.2, 0.25) is 0 Å². The smallest absolute Gasteiger partial charge is 0.270 e. The fourth-order valence-corrected chi connectivity index (χ4v) is 1.87. The van der Waals surface area contributed by atoms with Crippen molar-refractivity contribution in [3.05, 3.63) is 16.1 Å². The van der Waals surface area contributed by atoms with E-state index in [-0.39, 0.29) is 11.9 Å². The molecule has 0 aliphatic carbocycles. The molecule has 0 saturated carbocycles. The normalized spacial score (nSPS) is 12.4. The van der Waals surface area contributed by atoms with Crippen LogP contribution in [0.15, 0.2) is 5.38 Å². The molecule has 0 spiro atoms. The molecule has 6 heteroatoms. The Morgan fingerprint density at radius 2 is 2.50 bits per heavy atom. The van der Waals surface area contributed by atoms with Crippen LogP contribution in [0.3, 0.4) is 0 Å². The zero-order valence-electron chi connectivity index (χ0n) is 9.53. The Morgan fingerprint density at radius 1 is 1.75 bits per heavy atom. The number of hydrogen-bond donors (Lipinski definition) is 2. The Kier molecular flexibility index (Phi) is 5.37. The van der Waals surface area contributed by atoms with Gasteiger partial charge in [-0.05, 0) is 13.3 Å². The van der Waals surface area contributed by atoms with Crippen LogP contribution in [0.1, 0.15) is 34.9 Å². The average molecular weight is 243 g/mol. The van der Waals surface area contributed by atoms with Gasteiger partial charge in [-0.25, -0.2) is 4.98 Å². The lowest BCUT2D eigenvalue weighted by Crippen LogP contribution is -2.25. The highest BCUT2D eigenvalue weighted by Crippen LogP contribution is 2.15. The zero-order valence-corrected chi connectivity index (χ0v) is 10.3. The second-order valence-corrected chi connectivity index (χ2v) is 4.35. The zero-order chi connectivity index (χ0) is 12.0. The van der Waals surface area contributed by atoms with Gasteiger partial charge in [-0.2, -0.15) is 0 Å². The van der Waals surface area contributed by atoms with Crippen LogP contribution in [-0.4, -0.2) is 31.2 Å². The van der Waals surface area contributed by atoms with E-state index in [2.05, 4.69) is 10.3 Å². The third-order valence-electron chi connectivity index (χ3n) is 1.95. The maximum atomic E-state index is 11.6. The predicted molar refractivity (Wildman–Crippen MR) is 63.5 cm³/mol. The molecule has 1 unspecified atom stereocenters. The first-order valence-electron chi connectivity index (χ1n) is 5.13. The van der Waals surface area contributed by atoms with Crippen molar-refractivity contribution < 1.29 is 9.53 Å². The fraction of sp³-hybridized carbons (Fsp3) is 0.600. The highest BCUT2D eigenvalue weighted by molar-refractivity contribution is 7.09. The summed E-state index contributed by atoms with van der Waals surface area (Å²) in [4.78, 5) is 15.8. The Labute approximate surface area is 99.0 Å². The van der Waals surface area contributed by atoms with Crippen LogP contribution >= 0.6 is 11.3 Å². The number of aromatic nitrogens is 1. The minimum atomic E-state index is -0.153. The molecule has 0 aliphatic heterocycles. The van der Waals surface area contributed by atoms with Crippen molar-refractivity contribution in [2.75, 3.05) is 20.3 Å². The molecule has 1 heterocycles. The topological polar surface area (TPSA) is 77.2 Å². The highest BCUT2D eigenvalue weighted by atomic mass is 32.1. The summed E-state index contributed by atoms with van der Waals surface area (Å²) in [6.45, 7) is 3.08. The van der Waals surface area contributed by atoms with Crippen molar-refractivity contribution in [3.63, 3.8) is 0 Å². The molecule has 0 bridgehead atoms. The van der Waals surface area contributed by atoms with E-state index in [1.54, 1.807) is 12.5 Å². The van der Waals surface area contributed by atoms with Crippen molar-refractivity contribution in [2.45, 2.75) is 19.4 Å². The number of methoxy groups -OCH3 is 1. The predicted octanol–water partition coefficient (Wildman–Crippen LogP) is 0.929. The van der Waals surface area contributed by atoms with Crippen LogP contribution in [0.4, 0.5) is 0 Å². The lowest BCUT2D eigenvalue weighted by atomic mass is 10.4. The molecule has 5 nitrogen and oxygen atoms in total. The summed E-state index contributed by atoms with van der Waals surface area (Å²) in [5, 5.41) is 5.28. The molecule has 1 amide bonds. The monoisotopic (exact) mass is 243 g/mol.